The minimum atomic E-state index is 0.462. The highest BCUT2D eigenvalue weighted by Crippen LogP contribution is 2.22. The first kappa shape index (κ1) is 11.4. The molecule has 2 aromatic carbocycles. The summed E-state index contributed by atoms with van der Waals surface area (Å²) in [6.07, 6.45) is 0. The summed E-state index contributed by atoms with van der Waals surface area (Å²) >= 11 is 0. The van der Waals surface area contributed by atoms with Gasteiger partial charge in [0.05, 0.1) is 18.2 Å². The van der Waals surface area contributed by atoms with E-state index in [1.54, 1.807) is 7.11 Å². The Morgan fingerprint density at radius 2 is 1.82 bits per heavy atom. The Labute approximate surface area is 101 Å². The van der Waals surface area contributed by atoms with Crippen LogP contribution in [0.2, 0.25) is 0 Å². The summed E-state index contributed by atoms with van der Waals surface area (Å²) in [6, 6.07) is 18.1. The highest BCUT2D eigenvalue weighted by atomic mass is 16.5. The molecule has 0 aromatic heterocycles. The third kappa shape index (κ3) is 2.52. The van der Waals surface area contributed by atoms with Gasteiger partial charge in [0.2, 0.25) is 0 Å². The van der Waals surface area contributed by atoms with E-state index in [0.717, 1.165) is 16.7 Å². The average Bonchev–Trinajstić information content (AvgIpc) is 2.40. The van der Waals surface area contributed by atoms with E-state index in [-0.39, 0.29) is 0 Å². The fourth-order valence-electron chi connectivity index (χ4n) is 1.79. The van der Waals surface area contributed by atoms with E-state index in [9.17, 15) is 0 Å². The molecule has 2 nitrogen and oxygen atoms in total. The third-order valence-corrected chi connectivity index (χ3v) is 2.63. The van der Waals surface area contributed by atoms with Crippen LogP contribution in [0.3, 0.4) is 0 Å². The minimum absolute atomic E-state index is 0.462. The number of hydrogen-bond acceptors (Lipinski definition) is 2. The van der Waals surface area contributed by atoms with Crippen LogP contribution in [0.25, 0.3) is 11.1 Å². The van der Waals surface area contributed by atoms with E-state index in [2.05, 4.69) is 18.2 Å². The van der Waals surface area contributed by atoms with Gasteiger partial charge in [-0.15, -0.1) is 0 Å². The second kappa shape index (κ2) is 5.29. The Kier molecular flexibility index (Phi) is 3.54. The monoisotopic (exact) mass is 223 g/mol. The molecule has 0 amide bonds. The van der Waals surface area contributed by atoms with Crippen molar-refractivity contribution in [1.82, 2.24) is 0 Å². The summed E-state index contributed by atoms with van der Waals surface area (Å²) in [5, 5.41) is 9.00. The van der Waals surface area contributed by atoms with Crippen molar-refractivity contribution in [3.05, 3.63) is 59.7 Å². The number of ether oxygens (including phenoxy) is 1. The predicted octanol–water partition coefficient (Wildman–Crippen LogP) is 3.37. The quantitative estimate of drug-likeness (QED) is 0.799. The number of methoxy groups -OCH3 is 1. The lowest BCUT2D eigenvalue weighted by atomic mass is 10.00. The zero-order valence-electron chi connectivity index (χ0n) is 9.68. The van der Waals surface area contributed by atoms with Crippen molar-refractivity contribution in [2.24, 2.45) is 0 Å². The maximum absolute atomic E-state index is 9.00. The maximum Gasteiger partial charge on any atom is 0.0995 e. The molecule has 0 N–H and O–H groups in total. The standard InChI is InChI=1S/C15H13NO/c1-17-11-15-9-13(7-8-14(15)10-16)12-5-3-2-4-6-12/h2-9H,11H2,1H3. The largest absolute Gasteiger partial charge is 0.380 e. The summed E-state index contributed by atoms with van der Waals surface area (Å²) in [6.45, 7) is 0.462. The van der Waals surface area contributed by atoms with Crippen LogP contribution in [-0.2, 0) is 11.3 Å². The molecule has 84 valence electrons. The highest BCUT2D eigenvalue weighted by molar-refractivity contribution is 5.65. The fourth-order valence-corrected chi connectivity index (χ4v) is 1.79. The number of benzene rings is 2. The first-order valence-corrected chi connectivity index (χ1v) is 5.42. The van der Waals surface area contributed by atoms with Gasteiger partial charge in [0.15, 0.2) is 0 Å². The van der Waals surface area contributed by atoms with Gasteiger partial charge in [-0.25, -0.2) is 0 Å². The van der Waals surface area contributed by atoms with Crippen LogP contribution in [0.5, 0.6) is 0 Å². The molecule has 0 heterocycles. The van der Waals surface area contributed by atoms with Crippen molar-refractivity contribution in [3.63, 3.8) is 0 Å². The second-order valence-electron chi connectivity index (χ2n) is 3.78. The van der Waals surface area contributed by atoms with Gasteiger partial charge in [0.1, 0.15) is 0 Å². The van der Waals surface area contributed by atoms with Gasteiger partial charge >= 0.3 is 0 Å². The Morgan fingerprint density at radius 1 is 1.06 bits per heavy atom. The van der Waals surface area contributed by atoms with Crippen LogP contribution in [0, 0.1) is 11.3 Å². The zero-order chi connectivity index (χ0) is 12.1. The summed E-state index contributed by atoms with van der Waals surface area (Å²) in [7, 11) is 1.64. The third-order valence-electron chi connectivity index (χ3n) is 2.63. The molecule has 2 aromatic rings. The molecule has 0 fully saturated rings. The molecule has 0 spiro atoms. The van der Waals surface area contributed by atoms with Gasteiger partial charge < -0.3 is 4.74 Å². The van der Waals surface area contributed by atoms with E-state index in [1.807, 2.05) is 36.4 Å². The van der Waals surface area contributed by atoms with E-state index in [1.165, 1.54) is 0 Å². The van der Waals surface area contributed by atoms with Crippen LogP contribution in [0.15, 0.2) is 48.5 Å². The van der Waals surface area contributed by atoms with Crippen LogP contribution in [-0.4, -0.2) is 7.11 Å². The lowest BCUT2D eigenvalue weighted by Crippen LogP contribution is -1.93. The molecule has 0 aliphatic carbocycles. The van der Waals surface area contributed by atoms with Gasteiger partial charge in [-0.2, -0.15) is 5.26 Å². The van der Waals surface area contributed by atoms with Gasteiger partial charge in [-0.1, -0.05) is 36.4 Å². The molecular weight excluding hydrogens is 210 g/mol. The fraction of sp³-hybridized carbons (Fsp3) is 0.133. The molecule has 0 unspecified atom stereocenters. The SMILES string of the molecule is COCc1cc(-c2ccccc2)ccc1C#N. The molecule has 2 rings (SSSR count). The maximum atomic E-state index is 9.00. The topological polar surface area (TPSA) is 33.0 Å². The molecule has 0 aliphatic heterocycles. The van der Waals surface area contributed by atoms with Crippen molar-refractivity contribution >= 4 is 0 Å². The Bertz CT molecular complexity index is 541. The number of rotatable bonds is 3. The molecule has 0 aliphatic rings. The molecular formula is C15H13NO. The average molecular weight is 223 g/mol. The highest BCUT2D eigenvalue weighted by Gasteiger charge is 2.04. The van der Waals surface area contributed by atoms with Crippen LogP contribution < -0.4 is 0 Å². The number of nitriles is 1. The number of hydrogen-bond donors (Lipinski definition) is 0. The summed E-state index contributed by atoms with van der Waals surface area (Å²) in [5.74, 6) is 0. The van der Waals surface area contributed by atoms with Crippen molar-refractivity contribution in [3.8, 4) is 17.2 Å². The van der Waals surface area contributed by atoms with E-state index in [4.69, 9.17) is 10.00 Å². The van der Waals surface area contributed by atoms with Crippen molar-refractivity contribution in [2.75, 3.05) is 7.11 Å². The molecule has 0 radical (unpaired) electrons. The molecule has 0 atom stereocenters. The molecule has 0 saturated heterocycles. The summed E-state index contributed by atoms with van der Waals surface area (Å²) in [4.78, 5) is 0. The van der Waals surface area contributed by atoms with Gasteiger partial charge in [-0.05, 0) is 28.8 Å². The molecule has 0 saturated carbocycles. The first-order chi connectivity index (χ1) is 8.35. The lowest BCUT2D eigenvalue weighted by Gasteiger charge is -2.07. The second-order valence-corrected chi connectivity index (χ2v) is 3.78. The van der Waals surface area contributed by atoms with Gasteiger partial charge in [0.25, 0.3) is 0 Å². The summed E-state index contributed by atoms with van der Waals surface area (Å²) in [5.41, 5.74) is 3.86. The van der Waals surface area contributed by atoms with Crippen LogP contribution in [0.1, 0.15) is 11.1 Å². The molecule has 17 heavy (non-hydrogen) atoms. The summed E-state index contributed by atoms with van der Waals surface area (Å²) < 4.78 is 5.11. The van der Waals surface area contributed by atoms with Crippen LogP contribution in [0.4, 0.5) is 0 Å². The Hall–Kier alpha value is -2.11. The Balaban J connectivity index is 2.45. The van der Waals surface area contributed by atoms with Crippen molar-refractivity contribution in [1.29, 1.82) is 5.26 Å². The predicted molar refractivity (Wildman–Crippen MR) is 67.3 cm³/mol. The molecule has 0 bridgehead atoms. The number of nitrogens with zero attached hydrogens (tertiary/aromatic N) is 1. The van der Waals surface area contributed by atoms with Crippen molar-refractivity contribution in [2.45, 2.75) is 6.61 Å². The van der Waals surface area contributed by atoms with Gasteiger partial charge in [0, 0.05) is 7.11 Å². The lowest BCUT2D eigenvalue weighted by molar-refractivity contribution is 0.184. The zero-order valence-corrected chi connectivity index (χ0v) is 9.68. The van der Waals surface area contributed by atoms with Crippen molar-refractivity contribution < 1.29 is 4.74 Å². The molecule has 2 heteroatoms. The minimum Gasteiger partial charge on any atom is -0.380 e. The smallest absolute Gasteiger partial charge is 0.0995 e. The first-order valence-electron chi connectivity index (χ1n) is 5.42. The van der Waals surface area contributed by atoms with E-state index in [0.29, 0.717) is 12.2 Å². The normalized spacial score (nSPS) is 9.88. The Morgan fingerprint density at radius 3 is 2.47 bits per heavy atom. The van der Waals surface area contributed by atoms with E-state index >= 15 is 0 Å². The van der Waals surface area contributed by atoms with Crippen LogP contribution >= 0.6 is 0 Å². The van der Waals surface area contributed by atoms with E-state index < -0.39 is 0 Å². The van der Waals surface area contributed by atoms with Gasteiger partial charge in [-0.3, -0.25) is 0 Å².